The Morgan fingerprint density at radius 3 is 2.08 bits per heavy atom. The maximum absolute atomic E-state index is 11.4. The topological polar surface area (TPSA) is 58.7 Å². The van der Waals surface area contributed by atoms with Gasteiger partial charge in [0.25, 0.3) is 0 Å². The van der Waals surface area contributed by atoms with Gasteiger partial charge in [-0.2, -0.15) is 0 Å². The predicted octanol–water partition coefficient (Wildman–Crippen LogP) is 6.32. The number of hydrogen-bond acceptors (Lipinski definition) is 4. The fourth-order valence-electron chi connectivity index (χ4n) is 4.37. The summed E-state index contributed by atoms with van der Waals surface area (Å²) in [5, 5.41) is 11.4. The predicted molar refractivity (Wildman–Crippen MR) is 148 cm³/mol. The van der Waals surface area contributed by atoms with Gasteiger partial charge < -0.3 is 15.6 Å². The van der Waals surface area contributed by atoms with Crippen LogP contribution in [0.5, 0.6) is 5.75 Å². The van der Waals surface area contributed by atoms with Crippen LogP contribution in [-0.2, 0) is 19.6 Å². The molecule has 0 saturated heterocycles. The molecule has 0 aliphatic rings. The SMILES string of the molecule is Cc1ccc(CCN(Cc2ccccc2)C(C)C(O)c2ccc(OCc3ccccc3)c(N)c2)cc1. The van der Waals surface area contributed by atoms with Gasteiger partial charge in [0.1, 0.15) is 12.4 Å². The summed E-state index contributed by atoms with van der Waals surface area (Å²) in [6, 6.07) is 34.6. The Labute approximate surface area is 215 Å². The Bertz CT molecular complexity index is 1210. The lowest BCUT2D eigenvalue weighted by molar-refractivity contribution is 0.0537. The molecule has 0 spiro atoms. The lowest BCUT2D eigenvalue weighted by Gasteiger charge is -2.33. The minimum atomic E-state index is -0.683. The second-order valence-electron chi connectivity index (χ2n) is 9.45. The molecule has 4 rings (SSSR count). The number of aryl methyl sites for hydroxylation is 1. The first kappa shape index (κ1) is 25.5. The number of aliphatic hydroxyl groups excluding tert-OH is 1. The summed E-state index contributed by atoms with van der Waals surface area (Å²) in [5.74, 6) is 0.628. The van der Waals surface area contributed by atoms with E-state index in [0.29, 0.717) is 18.0 Å². The molecule has 0 saturated carbocycles. The molecule has 0 radical (unpaired) electrons. The van der Waals surface area contributed by atoms with Gasteiger partial charge in [-0.05, 0) is 54.7 Å². The zero-order chi connectivity index (χ0) is 25.3. The van der Waals surface area contributed by atoms with Crippen LogP contribution in [0.3, 0.4) is 0 Å². The highest BCUT2D eigenvalue weighted by molar-refractivity contribution is 5.54. The Morgan fingerprint density at radius 1 is 0.806 bits per heavy atom. The number of rotatable bonds is 11. The van der Waals surface area contributed by atoms with E-state index in [-0.39, 0.29) is 6.04 Å². The normalized spacial score (nSPS) is 12.9. The van der Waals surface area contributed by atoms with Gasteiger partial charge in [-0.3, -0.25) is 4.90 Å². The van der Waals surface area contributed by atoms with E-state index in [9.17, 15) is 5.11 Å². The van der Waals surface area contributed by atoms with E-state index in [2.05, 4.69) is 67.3 Å². The lowest BCUT2D eigenvalue weighted by atomic mass is 10.00. The van der Waals surface area contributed by atoms with Crippen molar-refractivity contribution in [1.82, 2.24) is 4.90 Å². The number of ether oxygens (including phenoxy) is 1. The standard InChI is InChI=1S/C32H36N2O2/c1-24-13-15-26(16-14-24)19-20-34(22-27-9-5-3-6-10-27)25(2)32(35)29-17-18-31(30(33)21-29)36-23-28-11-7-4-8-12-28/h3-18,21,25,32,35H,19-20,22-23,33H2,1-2H3. The Balaban J connectivity index is 1.46. The lowest BCUT2D eigenvalue weighted by Crippen LogP contribution is -2.38. The van der Waals surface area contributed by atoms with Crippen molar-refractivity contribution in [3.8, 4) is 5.75 Å². The maximum Gasteiger partial charge on any atom is 0.142 e. The van der Waals surface area contributed by atoms with Crippen molar-refractivity contribution in [2.24, 2.45) is 0 Å². The average molecular weight is 481 g/mol. The van der Waals surface area contributed by atoms with Crippen LogP contribution in [0.2, 0.25) is 0 Å². The van der Waals surface area contributed by atoms with Crippen LogP contribution in [0.4, 0.5) is 5.69 Å². The highest BCUT2D eigenvalue weighted by Gasteiger charge is 2.24. The van der Waals surface area contributed by atoms with Crippen molar-refractivity contribution in [2.75, 3.05) is 12.3 Å². The molecule has 4 nitrogen and oxygen atoms in total. The molecule has 0 aliphatic heterocycles. The highest BCUT2D eigenvalue weighted by atomic mass is 16.5. The number of nitrogens with two attached hydrogens (primary N) is 1. The quantitative estimate of drug-likeness (QED) is 0.247. The van der Waals surface area contributed by atoms with Gasteiger partial charge in [0.15, 0.2) is 0 Å². The molecule has 4 heteroatoms. The fourth-order valence-corrected chi connectivity index (χ4v) is 4.37. The molecule has 36 heavy (non-hydrogen) atoms. The van der Waals surface area contributed by atoms with E-state index in [1.54, 1.807) is 0 Å². The summed E-state index contributed by atoms with van der Waals surface area (Å²) >= 11 is 0. The van der Waals surface area contributed by atoms with Gasteiger partial charge in [0, 0.05) is 19.1 Å². The minimum Gasteiger partial charge on any atom is -0.487 e. The zero-order valence-corrected chi connectivity index (χ0v) is 21.2. The third kappa shape index (κ3) is 6.97. The minimum absolute atomic E-state index is 0.105. The third-order valence-corrected chi connectivity index (χ3v) is 6.68. The van der Waals surface area contributed by atoms with Crippen molar-refractivity contribution in [2.45, 2.75) is 45.6 Å². The van der Waals surface area contributed by atoms with Gasteiger partial charge in [0.2, 0.25) is 0 Å². The summed E-state index contributed by atoms with van der Waals surface area (Å²) in [7, 11) is 0. The molecule has 4 aromatic carbocycles. The van der Waals surface area contributed by atoms with Crippen LogP contribution in [0, 0.1) is 6.92 Å². The largest absolute Gasteiger partial charge is 0.487 e. The van der Waals surface area contributed by atoms with E-state index in [0.717, 1.165) is 30.6 Å². The van der Waals surface area contributed by atoms with Crippen LogP contribution in [0.15, 0.2) is 103 Å². The molecular formula is C32H36N2O2. The van der Waals surface area contributed by atoms with Crippen LogP contribution in [0.25, 0.3) is 0 Å². The fraction of sp³-hybridized carbons (Fsp3) is 0.250. The molecule has 0 aliphatic carbocycles. The van der Waals surface area contributed by atoms with Gasteiger partial charge in [-0.15, -0.1) is 0 Å². The molecule has 2 unspecified atom stereocenters. The summed E-state index contributed by atoms with van der Waals surface area (Å²) in [5.41, 5.74) is 12.5. The zero-order valence-electron chi connectivity index (χ0n) is 21.2. The van der Waals surface area contributed by atoms with Crippen LogP contribution < -0.4 is 10.5 Å². The highest BCUT2D eigenvalue weighted by Crippen LogP contribution is 2.30. The van der Waals surface area contributed by atoms with E-state index in [1.807, 2.05) is 54.6 Å². The first-order valence-electron chi connectivity index (χ1n) is 12.6. The first-order chi connectivity index (χ1) is 17.5. The van der Waals surface area contributed by atoms with Crippen molar-refractivity contribution >= 4 is 5.69 Å². The average Bonchev–Trinajstić information content (AvgIpc) is 2.91. The molecule has 0 amide bonds. The molecule has 0 heterocycles. The Morgan fingerprint density at radius 2 is 1.44 bits per heavy atom. The number of nitrogens with zero attached hydrogens (tertiary/aromatic N) is 1. The van der Waals surface area contributed by atoms with Gasteiger partial charge in [0.05, 0.1) is 11.8 Å². The summed E-state index contributed by atoms with van der Waals surface area (Å²) in [6.07, 6.45) is 0.232. The van der Waals surface area contributed by atoms with Gasteiger partial charge in [-0.1, -0.05) is 96.6 Å². The van der Waals surface area contributed by atoms with Crippen LogP contribution in [-0.4, -0.2) is 22.6 Å². The smallest absolute Gasteiger partial charge is 0.142 e. The second-order valence-corrected chi connectivity index (χ2v) is 9.45. The van der Waals surface area contributed by atoms with E-state index < -0.39 is 6.10 Å². The van der Waals surface area contributed by atoms with Crippen LogP contribution in [0.1, 0.15) is 40.8 Å². The summed E-state index contributed by atoms with van der Waals surface area (Å²) in [6.45, 7) is 6.24. The second kappa shape index (κ2) is 12.4. The molecule has 0 fully saturated rings. The molecule has 3 N–H and O–H groups in total. The van der Waals surface area contributed by atoms with E-state index in [1.165, 1.54) is 16.7 Å². The van der Waals surface area contributed by atoms with Crippen LogP contribution >= 0.6 is 0 Å². The molecule has 0 aromatic heterocycles. The molecule has 4 aromatic rings. The summed E-state index contributed by atoms with van der Waals surface area (Å²) < 4.78 is 5.92. The molecule has 2 atom stereocenters. The van der Waals surface area contributed by atoms with E-state index in [4.69, 9.17) is 10.5 Å². The number of aliphatic hydroxyl groups is 1. The molecule has 186 valence electrons. The molecular weight excluding hydrogens is 444 g/mol. The van der Waals surface area contributed by atoms with Crippen molar-refractivity contribution in [3.05, 3.63) is 131 Å². The molecule has 0 bridgehead atoms. The maximum atomic E-state index is 11.4. The summed E-state index contributed by atoms with van der Waals surface area (Å²) in [4.78, 5) is 2.34. The van der Waals surface area contributed by atoms with Crippen molar-refractivity contribution in [3.63, 3.8) is 0 Å². The first-order valence-corrected chi connectivity index (χ1v) is 12.6. The van der Waals surface area contributed by atoms with Crippen molar-refractivity contribution < 1.29 is 9.84 Å². The number of benzene rings is 4. The van der Waals surface area contributed by atoms with Crippen molar-refractivity contribution in [1.29, 1.82) is 0 Å². The third-order valence-electron chi connectivity index (χ3n) is 6.68. The number of nitrogen functional groups attached to an aromatic ring is 1. The van der Waals surface area contributed by atoms with Gasteiger partial charge in [-0.25, -0.2) is 0 Å². The Hall–Kier alpha value is -3.60. The number of hydrogen-bond donors (Lipinski definition) is 2. The number of anilines is 1. The Kier molecular flexibility index (Phi) is 8.77. The van der Waals surface area contributed by atoms with E-state index >= 15 is 0 Å². The van der Waals surface area contributed by atoms with Gasteiger partial charge >= 0.3 is 0 Å². The monoisotopic (exact) mass is 480 g/mol.